The quantitative estimate of drug-likeness (QED) is 0.747. The number of ketones is 2. The maximum absolute atomic E-state index is 11.9. The van der Waals surface area contributed by atoms with Gasteiger partial charge in [0.15, 0.2) is 11.6 Å². The number of benzene rings is 1. The fourth-order valence-electron chi connectivity index (χ4n) is 1.82. The number of fused-ring (bicyclic) bond motifs is 1. The minimum atomic E-state index is -0.383. The molecule has 2 rings (SSSR count). The number of rotatable bonds is 2. The van der Waals surface area contributed by atoms with Crippen molar-refractivity contribution in [1.82, 2.24) is 0 Å². The third-order valence-electron chi connectivity index (χ3n) is 2.74. The van der Waals surface area contributed by atoms with Crippen LogP contribution in [0.25, 0.3) is 0 Å². The first kappa shape index (κ1) is 12.2. The van der Waals surface area contributed by atoms with E-state index in [0.29, 0.717) is 22.3 Å². The molecule has 0 atom stereocenters. The highest BCUT2D eigenvalue weighted by molar-refractivity contribution is 6.24. The molecule has 0 aromatic heterocycles. The van der Waals surface area contributed by atoms with Gasteiger partial charge in [-0.3, -0.25) is 14.4 Å². The van der Waals surface area contributed by atoms with Crippen molar-refractivity contribution in [2.75, 3.05) is 0 Å². The van der Waals surface area contributed by atoms with Crippen LogP contribution in [0.1, 0.15) is 40.1 Å². The molecular weight excluding hydrogens is 232 g/mol. The molecule has 0 spiro atoms. The van der Waals surface area contributed by atoms with Gasteiger partial charge in [0.05, 0.1) is 0 Å². The van der Waals surface area contributed by atoms with Gasteiger partial charge in [0.1, 0.15) is 6.61 Å². The van der Waals surface area contributed by atoms with Crippen molar-refractivity contribution in [3.05, 3.63) is 46.5 Å². The normalized spacial score (nSPS) is 14.0. The zero-order valence-corrected chi connectivity index (χ0v) is 10.1. The highest BCUT2D eigenvalue weighted by atomic mass is 16.5. The molecule has 0 saturated carbocycles. The Morgan fingerprint density at radius 1 is 1.22 bits per heavy atom. The SMILES string of the molecule is CC(=O)OCc1ccc2c(c1)C(=O)C(C)=CC2=O. The van der Waals surface area contributed by atoms with Gasteiger partial charge >= 0.3 is 5.97 Å². The number of esters is 1. The number of carbonyl (C=O) groups is 3. The van der Waals surface area contributed by atoms with Crippen LogP contribution in [0.5, 0.6) is 0 Å². The van der Waals surface area contributed by atoms with E-state index in [4.69, 9.17) is 4.74 Å². The van der Waals surface area contributed by atoms with Gasteiger partial charge in [-0.15, -0.1) is 0 Å². The third-order valence-corrected chi connectivity index (χ3v) is 2.74. The number of hydrogen-bond donors (Lipinski definition) is 0. The third kappa shape index (κ3) is 2.22. The van der Waals surface area contributed by atoms with Gasteiger partial charge in [-0.1, -0.05) is 6.07 Å². The Balaban J connectivity index is 2.36. The lowest BCUT2D eigenvalue weighted by molar-refractivity contribution is -0.142. The Morgan fingerprint density at radius 3 is 2.61 bits per heavy atom. The van der Waals surface area contributed by atoms with E-state index in [1.54, 1.807) is 25.1 Å². The molecule has 1 aliphatic carbocycles. The zero-order valence-electron chi connectivity index (χ0n) is 10.1. The lowest BCUT2D eigenvalue weighted by atomic mass is 9.89. The fraction of sp³-hybridized carbons (Fsp3) is 0.214. The second-order valence-electron chi connectivity index (χ2n) is 4.18. The molecular formula is C14H12O4. The highest BCUT2D eigenvalue weighted by Gasteiger charge is 2.23. The molecule has 1 aromatic rings. The number of hydrogen-bond acceptors (Lipinski definition) is 4. The first-order chi connectivity index (χ1) is 8.49. The van der Waals surface area contributed by atoms with E-state index in [9.17, 15) is 14.4 Å². The standard InChI is InChI=1S/C14H12O4/c1-8-5-13(16)11-4-3-10(7-18-9(2)15)6-12(11)14(8)17/h3-6H,7H2,1-2H3. The Labute approximate surface area is 104 Å². The predicted octanol–water partition coefficient (Wildman–Crippen LogP) is 2.08. The molecule has 0 radical (unpaired) electrons. The summed E-state index contributed by atoms with van der Waals surface area (Å²) in [5, 5.41) is 0. The van der Waals surface area contributed by atoms with Crippen molar-refractivity contribution >= 4 is 17.5 Å². The molecule has 0 aliphatic heterocycles. The van der Waals surface area contributed by atoms with E-state index in [-0.39, 0.29) is 24.1 Å². The largest absolute Gasteiger partial charge is 0.461 e. The summed E-state index contributed by atoms with van der Waals surface area (Å²) in [6.07, 6.45) is 1.34. The summed E-state index contributed by atoms with van der Waals surface area (Å²) in [5.41, 5.74) is 1.90. The molecule has 0 amide bonds. The Bertz CT molecular complexity index is 581. The Hall–Kier alpha value is -2.23. The van der Waals surface area contributed by atoms with Gasteiger partial charge in [-0.25, -0.2) is 0 Å². The molecule has 0 N–H and O–H groups in total. The lowest BCUT2D eigenvalue weighted by Crippen LogP contribution is -2.16. The minimum Gasteiger partial charge on any atom is -0.461 e. The van der Waals surface area contributed by atoms with E-state index in [1.807, 2.05) is 0 Å². The van der Waals surface area contributed by atoms with E-state index in [2.05, 4.69) is 0 Å². The molecule has 4 heteroatoms. The summed E-state index contributed by atoms with van der Waals surface area (Å²) in [4.78, 5) is 34.4. The van der Waals surface area contributed by atoms with E-state index >= 15 is 0 Å². The molecule has 1 aliphatic rings. The minimum absolute atomic E-state index is 0.104. The van der Waals surface area contributed by atoms with Crippen molar-refractivity contribution in [2.24, 2.45) is 0 Å². The first-order valence-electron chi connectivity index (χ1n) is 5.52. The van der Waals surface area contributed by atoms with E-state index < -0.39 is 0 Å². The number of carbonyl (C=O) groups excluding carboxylic acids is 3. The number of ether oxygens (including phenoxy) is 1. The van der Waals surface area contributed by atoms with Crippen LogP contribution >= 0.6 is 0 Å². The maximum atomic E-state index is 11.9. The Kier molecular flexibility index (Phi) is 3.10. The number of Topliss-reactive ketones (excluding diaryl/α,β-unsaturated/α-hetero) is 1. The van der Waals surface area contributed by atoms with Crippen LogP contribution in [-0.4, -0.2) is 17.5 Å². The average Bonchev–Trinajstić information content (AvgIpc) is 2.33. The molecule has 0 heterocycles. The van der Waals surface area contributed by atoms with Crippen LogP contribution in [0.2, 0.25) is 0 Å². The van der Waals surface area contributed by atoms with Crippen molar-refractivity contribution in [3.8, 4) is 0 Å². The van der Waals surface area contributed by atoms with Gasteiger partial charge in [-0.05, 0) is 30.7 Å². The topological polar surface area (TPSA) is 60.4 Å². The predicted molar refractivity (Wildman–Crippen MR) is 64.3 cm³/mol. The second kappa shape index (κ2) is 4.56. The van der Waals surface area contributed by atoms with Gasteiger partial charge in [-0.2, -0.15) is 0 Å². The van der Waals surface area contributed by atoms with Crippen LogP contribution in [0.15, 0.2) is 29.8 Å². The summed E-state index contributed by atoms with van der Waals surface area (Å²) < 4.78 is 4.86. The molecule has 4 nitrogen and oxygen atoms in total. The fourth-order valence-corrected chi connectivity index (χ4v) is 1.82. The summed E-state index contributed by atoms with van der Waals surface area (Å²) in [5.74, 6) is -0.707. The highest BCUT2D eigenvalue weighted by Crippen LogP contribution is 2.22. The number of allylic oxidation sites excluding steroid dienone is 2. The van der Waals surface area contributed by atoms with Crippen molar-refractivity contribution < 1.29 is 19.1 Å². The van der Waals surface area contributed by atoms with Gasteiger partial charge in [0.25, 0.3) is 0 Å². The van der Waals surface area contributed by atoms with Crippen LogP contribution in [0, 0.1) is 0 Å². The molecule has 92 valence electrons. The van der Waals surface area contributed by atoms with Gasteiger partial charge in [0, 0.05) is 23.6 Å². The Morgan fingerprint density at radius 2 is 1.94 bits per heavy atom. The zero-order chi connectivity index (χ0) is 13.3. The van der Waals surface area contributed by atoms with Crippen molar-refractivity contribution in [3.63, 3.8) is 0 Å². The molecule has 0 saturated heterocycles. The van der Waals surface area contributed by atoms with Crippen LogP contribution in [-0.2, 0) is 16.1 Å². The molecule has 0 unspecified atom stereocenters. The summed E-state index contributed by atoms with van der Waals surface area (Å²) in [6, 6.07) is 4.88. The smallest absolute Gasteiger partial charge is 0.302 e. The molecule has 0 fully saturated rings. The van der Waals surface area contributed by atoms with Gasteiger partial charge in [0.2, 0.25) is 0 Å². The van der Waals surface area contributed by atoms with Gasteiger partial charge < -0.3 is 4.74 Å². The molecule has 0 bridgehead atoms. The van der Waals surface area contributed by atoms with Crippen molar-refractivity contribution in [1.29, 1.82) is 0 Å². The summed E-state index contributed by atoms with van der Waals surface area (Å²) in [6.45, 7) is 3.04. The molecule has 18 heavy (non-hydrogen) atoms. The molecule has 1 aromatic carbocycles. The second-order valence-corrected chi connectivity index (χ2v) is 4.18. The van der Waals surface area contributed by atoms with E-state index in [1.165, 1.54) is 13.0 Å². The maximum Gasteiger partial charge on any atom is 0.302 e. The summed E-state index contributed by atoms with van der Waals surface area (Å²) in [7, 11) is 0. The van der Waals surface area contributed by atoms with Crippen LogP contribution in [0.3, 0.4) is 0 Å². The monoisotopic (exact) mass is 244 g/mol. The first-order valence-corrected chi connectivity index (χ1v) is 5.52. The van der Waals surface area contributed by atoms with Crippen LogP contribution < -0.4 is 0 Å². The van der Waals surface area contributed by atoms with Crippen molar-refractivity contribution in [2.45, 2.75) is 20.5 Å². The average molecular weight is 244 g/mol. The summed E-state index contributed by atoms with van der Waals surface area (Å²) >= 11 is 0. The van der Waals surface area contributed by atoms with E-state index in [0.717, 1.165) is 0 Å². The van der Waals surface area contributed by atoms with Crippen LogP contribution in [0.4, 0.5) is 0 Å². The lowest BCUT2D eigenvalue weighted by Gasteiger charge is -2.13.